The minimum absolute atomic E-state index is 0.0248. The number of carboxylic acids is 1. The van der Waals surface area contributed by atoms with Crippen LogP contribution in [0.25, 0.3) is 0 Å². The Balaban J connectivity index is 1.87. The van der Waals surface area contributed by atoms with Gasteiger partial charge in [0.1, 0.15) is 0 Å². The number of carboxylic acid groups (broad SMARTS) is 1. The Labute approximate surface area is 126 Å². The third-order valence-electron chi connectivity index (χ3n) is 3.38. The summed E-state index contributed by atoms with van der Waals surface area (Å²) < 4.78 is 0.955. The highest BCUT2D eigenvalue weighted by atomic mass is 79.9. The van der Waals surface area contributed by atoms with E-state index >= 15 is 0 Å². The molecule has 1 atom stereocenters. The van der Waals surface area contributed by atoms with Crippen LogP contribution in [0, 0.1) is 0 Å². The number of nitrogens with one attached hydrogen (secondary N) is 1. The fourth-order valence-electron chi connectivity index (χ4n) is 2.45. The van der Waals surface area contributed by atoms with Gasteiger partial charge in [0.15, 0.2) is 0 Å². The second-order valence-corrected chi connectivity index (χ2v) is 5.84. The highest BCUT2D eigenvalue weighted by molar-refractivity contribution is 9.10. The van der Waals surface area contributed by atoms with Crippen LogP contribution in [-0.4, -0.2) is 41.0 Å². The van der Waals surface area contributed by atoms with Gasteiger partial charge in [0.25, 0.3) is 0 Å². The molecule has 0 spiro atoms. The van der Waals surface area contributed by atoms with E-state index in [2.05, 4.69) is 21.2 Å². The maximum Gasteiger partial charge on any atom is 0.304 e. The van der Waals surface area contributed by atoms with Crippen molar-refractivity contribution in [3.63, 3.8) is 0 Å². The van der Waals surface area contributed by atoms with Crippen molar-refractivity contribution >= 4 is 33.5 Å². The molecule has 1 aliphatic rings. The Morgan fingerprint density at radius 1 is 1.35 bits per heavy atom. The molecule has 1 saturated heterocycles. The van der Waals surface area contributed by atoms with Gasteiger partial charge in [0, 0.05) is 16.2 Å². The van der Waals surface area contributed by atoms with Crippen molar-refractivity contribution in [3.8, 4) is 0 Å². The van der Waals surface area contributed by atoms with Gasteiger partial charge < -0.3 is 10.4 Å². The van der Waals surface area contributed by atoms with E-state index in [1.807, 2.05) is 29.2 Å². The quantitative estimate of drug-likeness (QED) is 0.862. The van der Waals surface area contributed by atoms with Crippen molar-refractivity contribution in [2.75, 3.05) is 18.4 Å². The molecule has 20 heavy (non-hydrogen) atoms. The molecule has 0 radical (unpaired) electrons. The number of hydrogen-bond acceptors (Lipinski definition) is 3. The van der Waals surface area contributed by atoms with E-state index in [4.69, 9.17) is 5.11 Å². The molecule has 1 unspecified atom stereocenters. The zero-order chi connectivity index (χ0) is 14.5. The second kappa shape index (κ2) is 6.85. The first-order chi connectivity index (χ1) is 9.54. The third kappa shape index (κ3) is 4.31. The lowest BCUT2D eigenvalue weighted by molar-refractivity contribution is -0.138. The van der Waals surface area contributed by atoms with Gasteiger partial charge in [0.2, 0.25) is 5.91 Å². The summed E-state index contributed by atoms with van der Waals surface area (Å²) in [5.74, 6) is -0.917. The van der Waals surface area contributed by atoms with Crippen LogP contribution in [0.3, 0.4) is 0 Å². The van der Waals surface area contributed by atoms with E-state index in [9.17, 15) is 9.59 Å². The van der Waals surface area contributed by atoms with Crippen molar-refractivity contribution in [2.24, 2.45) is 0 Å². The average molecular weight is 341 g/mol. The van der Waals surface area contributed by atoms with Gasteiger partial charge in [-0.25, -0.2) is 0 Å². The zero-order valence-electron chi connectivity index (χ0n) is 11.0. The van der Waals surface area contributed by atoms with Crippen LogP contribution in [0.5, 0.6) is 0 Å². The van der Waals surface area contributed by atoms with Gasteiger partial charge >= 0.3 is 5.97 Å². The normalized spacial score (nSPS) is 18.9. The van der Waals surface area contributed by atoms with Crippen molar-refractivity contribution in [1.29, 1.82) is 0 Å². The molecule has 1 aromatic carbocycles. The predicted octanol–water partition coefficient (Wildman–Crippen LogP) is 2.33. The summed E-state index contributed by atoms with van der Waals surface area (Å²) >= 11 is 3.34. The first-order valence-corrected chi connectivity index (χ1v) is 7.35. The number of anilines is 1. The second-order valence-electron chi connectivity index (χ2n) is 4.92. The first-order valence-electron chi connectivity index (χ1n) is 6.56. The number of carbonyl (C=O) groups is 2. The third-order valence-corrected chi connectivity index (χ3v) is 3.91. The lowest BCUT2D eigenvalue weighted by atomic mass is 10.1. The number of benzene rings is 1. The van der Waals surface area contributed by atoms with E-state index in [1.165, 1.54) is 0 Å². The molecule has 2 N–H and O–H groups in total. The number of halogens is 1. The molecule has 0 aromatic heterocycles. The largest absolute Gasteiger partial charge is 0.481 e. The Bertz CT molecular complexity index is 490. The minimum atomic E-state index is -0.810. The highest BCUT2D eigenvalue weighted by Gasteiger charge is 2.27. The van der Waals surface area contributed by atoms with E-state index in [1.54, 1.807) is 0 Å². The molecular formula is C14H17BrN2O3. The fourth-order valence-corrected chi connectivity index (χ4v) is 2.72. The molecule has 1 aliphatic heterocycles. The summed E-state index contributed by atoms with van der Waals surface area (Å²) in [6.07, 6.45) is 1.90. The van der Waals surface area contributed by atoms with E-state index in [0.29, 0.717) is 0 Å². The maximum absolute atomic E-state index is 12.0. The fraction of sp³-hybridized carbons (Fsp3) is 0.429. The number of rotatable bonds is 5. The summed E-state index contributed by atoms with van der Waals surface area (Å²) in [6, 6.07) is 7.34. The van der Waals surface area contributed by atoms with Gasteiger partial charge in [0.05, 0.1) is 13.0 Å². The molecule has 5 nitrogen and oxygen atoms in total. The molecule has 1 aromatic rings. The number of hydrogen-bond donors (Lipinski definition) is 2. The van der Waals surface area contributed by atoms with Gasteiger partial charge in [-0.15, -0.1) is 0 Å². The minimum Gasteiger partial charge on any atom is -0.481 e. The molecule has 0 saturated carbocycles. The number of carbonyl (C=O) groups excluding carboxylic acids is 1. The molecule has 0 aliphatic carbocycles. The standard InChI is InChI=1S/C14H17BrN2O3/c15-10-3-5-11(6-4-10)16-13(18)9-17-7-1-2-12(17)8-14(19)20/h3-6,12H,1-2,7-9H2,(H,16,18)(H,19,20). The Morgan fingerprint density at radius 3 is 2.70 bits per heavy atom. The van der Waals surface area contributed by atoms with Crippen molar-refractivity contribution < 1.29 is 14.7 Å². The molecule has 0 bridgehead atoms. The van der Waals surface area contributed by atoms with Crippen molar-refractivity contribution in [3.05, 3.63) is 28.7 Å². The molecule has 2 rings (SSSR count). The van der Waals surface area contributed by atoms with Gasteiger partial charge in [-0.2, -0.15) is 0 Å². The average Bonchev–Trinajstić information content (AvgIpc) is 2.78. The summed E-state index contributed by atoms with van der Waals surface area (Å²) in [7, 11) is 0. The van der Waals surface area contributed by atoms with Crippen LogP contribution in [0.1, 0.15) is 19.3 Å². The molecule has 1 heterocycles. The SMILES string of the molecule is O=C(O)CC1CCCN1CC(=O)Nc1ccc(Br)cc1. The maximum atomic E-state index is 12.0. The monoisotopic (exact) mass is 340 g/mol. The van der Waals surface area contributed by atoms with Crippen LogP contribution < -0.4 is 5.32 Å². The molecule has 6 heteroatoms. The molecule has 1 amide bonds. The van der Waals surface area contributed by atoms with E-state index in [0.717, 1.165) is 29.5 Å². The van der Waals surface area contributed by atoms with Gasteiger partial charge in [-0.1, -0.05) is 15.9 Å². The molecular weight excluding hydrogens is 324 g/mol. The van der Waals surface area contributed by atoms with Gasteiger partial charge in [-0.3, -0.25) is 14.5 Å². The highest BCUT2D eigenvalue weighted by Crippen LogP contribution is 2.20. The first kappa shape index (κ1) is 15.0. The number of aliphatic carboxylic acids is 1. The summed E-state index contributed by atoms with van der Waals surface area (Å²) in [4.78, 5) is 24.7. The van der Waals surface area contributed by atoms with Crippen LogP contribution in [-0.2, 0) is 9.59 Å². The van der Waals surface area contributed by atoms with Crippen molar-refractivity contribution in [1.82, 2.24) is 4.90 Å². The zero-order valence-corrected chi connectivity index (χ0v) is 12.6. The summed E-state index contributed by atoms with van der Waals surface area (Å²) in [6.45, 7) is 1.03. The van der Waals surface area contributed by atoms with Crippen LogP contribution >= 0.6 is 15.9 Å². The number of nitrogens with zero attached hydrogens (tertiary/aromatic N) is 1. The summed E-state index contributed by atoms with van der Waals surface area (Å²) in [5.41, 5.74) is 0.743. The summed E-state index contributed by atoms with van der Waals surface area (Å²) in [5, 5.41) is 11.7. The van der Waals surface area contributed by atoms with Crippen LogP contribution in [0.4, 0.5) is 5.69 Å². The van der Waals surface area contributed by atoms with E-state index < -0.39 is 5.97 Å². The van der Waals surface area contributed by atoms with Crippen LogP contribution in [0.2, 0.25) is 0 Å². The van der Waals surface area contributed by atoms with Crippen LogP contribution in [0.15, 0.2) is 28.7 Å². The van der Waals surface area contributed by atoms with Crippen molar-refractivity contribution in [2.45, 2.75) is 25.3 Å². The molecule has 1 fully saturated rings. The lowest BCUT2D eigenvalue weighted by Gasteiger charge is -2.22. The lowest BCUT2D eigenvalue weighted by Crippen LogP contribution is -2.37. The topological polar surface area (TPSA) is 69.6 Å². The Kier molecular flexibility index (Phi) is 5.14. The van der Waals surface area contributed by atoms with E-state index in [-0.39, 0.29) is 24.9 Å². The molecule has 108 valence electrons. The Morgan fingerprint density at radius 2 is 2.05 bits per heavy atom. The number of amides is 1. The Hall–Kier alpha value is -1.40. The smallest absolute Gasteiger partial charge is 0.304 e. The predicted molar refractivity (Wildman–Crippen MR) is 79.6 cm³/mol. The number of likely N-dealkylation sites (tertiary alicyclic amines) is 1. The van der Waals surface area contributed by atoms with Gasteiger partial charge in [-0.05, 0) is 43.7 Å².